The summed E-state index contributed by atoms with van der Waals surface area (Å²) in [5.74, 6) is -0.535. The Morgan fingerprint density at radius 2 is 1.92 bits per heavy atom. The van der Waals surface area contributed by atoms with Crippen molar-refractivity contribution >= 4 is 22.8 Å². The van der Waals surface area contributed by atoms with E-state index in [4.69, 9.17) is 0 Å². The number of hydrogen-bond donors (Lipinski definition) is 2. The second kappa shape index (κ2) is 8.24. The fourth-order valence-corrected chi connectivity index (χ4v) is 2.56. The Labute approximate surface area is 151 Å². The standard InChI is InChI=1S/C19H21N5O2/c1-2-8-20-17(25)12-22-19(26)16-9-15-11-23-24(18(15)21-10-16)13-14-6-4-3-5-7-14/h3-7,9-11H,2,8,12-13H2,1H3,(H,20,25)(H,22,26). The van der Waals surface area contributed by atoms with Gasteiger partial charge in [0.15, 0.2) is 5.65 Å². The molecule has 2 amide bonds. The zero-order valence-electron chi connectivity index (χ0n) is 14.6. The molecule has 0 atom stereocenters. The molecule has 2 N–H and O–H groups in total. The van der Waals surface area contributed by atoms with Crippen LogP contribution in [0.15, 0.2) is 48.8 Å². The Kier molecular flexibility index (Phi) is 5.58. The van der Waals surface area contributed by atoms with Gasteiger partial charge in [0.05, 0.1) is 24.8 Å². The fourth-order valence-electron chi connectivity index (χ4n) is 2.56. The van der Waals surface area contributed by atoms with E-state index >= 15 is 0 Å². The number of pyridine rings is 1. The average Bonchev–Trinajstić information content (AvgIpc) is 3.07. The van der Waals surface area contributed by atoms with Gasteiger partial charge in [0.25, 0.3) is 5.91 Å². The molecule has 3 rings (SSSR count). The van der Waals surface area contributed by atoms with Crippen molar-refractivity contribution in [3.63, 3.8) is 0 Å². The smallest absolute Gasteiger partial charge is 0.253 e. The largest absolute Gasteiger partial charge is 0.355 e. The maximum atomic E-state index is 12.2. The minimum Gasteiger partial charge on any atom is -0.355 e. The minimum atomic E-state index is -0.332. The van der Waals surface area contributed by atoms with Gasteiger partial charge in [0.1, 0.15) is 0 Å². The number of nitrogens with one attached hydrogen (secondary N) is 2. The molecule has 0 aliphatic carbocycles. The predicted octanol–water partition coefficient (Wildman–Crippen LogP) is 1.74. The van der Waals surface area contributed by atoms with Gasteiger partial charge < -0.3 is 10.6 Å². The van der Waals surface area contributed by atoms with Gasteiger partial charge in [0, 0.05) is 18.1 Å². The lowest BCUT2D eigenvalue weighted by atomic mass is 10.2. The molecule has 2 aromatic heterocycles. The number of amides is 2. The molecule has 0 aliphatic rings. The summed E-state index contributed by atoms with van der Waals surface area (Å²) in [6, 6.07) is 11.7. The number of nitrogens with zero attached hydrogens (tertiary/aromatic N) is 3. The van der Waals surface area contributed by atoms with Crippen molar-refractivity contribution in [1.82, 2.24) is 25.4 Å². The molecule has 0 saturated carbocycles. The third-order valence-corrected chi connectivity index (χ3v) is 3.89. The summed E-state index contributed by atoms with van der Waals surface area (Å²) in [5.41, 5.74) is 2.24. The van der Waals surface area contributed by atoms with Gasteiger partial charge in [-0.1, -0.05) is 37.3 Å². The third-order valence-electron chi connectivity index (χ3n) is 3.89. The van der Waals surface area contributed by atoms with Gasteiger partial charge in [0.2, 0.25) is 5.91 Å². The number of benzene rings is 1. The van der Waals surface area contributed by atoms with E-state index < -0.39 is 0 Å². The van der Waals surface area contributed by atoms with Crippen LogP contribution in [0.3, 0.4) is 0 Å². The first kappa shape index (κ1) is 17.6. The molecular formula is C19H21N5O2. The first-order valence-electron chi connectivity index (χ1n) is 8.57. The zero-order valence-corrected chi connectivity index (χ0v) is 14.6. The van der Waals surface area contributed by atoms with Crippen LogP contribution in [0.4, 0.5) is 0 Å². The van der Waals surface area contributed by atoms with Gasteiger partial charge >= 0.3 is 0 Å². The minimum absolute atomic E-state index is 0.0514. The lowest BCUT2D eigenvalue weighted by Crippen LogP contribution is -2.37. The Balaban J connectivity index is 1.68. The third kappa shape index (κ3) is 4.24. The molecule has 0 radical (unpaired) electrons. The van der Waals surface area contributed by atoms with E-state index in [-0.39, 0.29) is 18.4 Å². The zero-order chi connectivity index (χ0) is 18.4. The van der Waals surface area contributed by atoms with Crippen LogP contribution < -0.4 is 10.6 Å². The molecule has 0 fully saturated rings. The van der Waals surface area contributed by atoms with Crippen LogP contribution in [0.1, 0.15) is 29.3 Å². The van der Waals surface area contributed by atoms with Crippen LogP contribution >= 0.6 is 0 Å². The first-order valence-corrected chi connectivity index (χ1v) is 8.57. The van der Waals surface area contributed by atoms with Gasteiger partial charge in [-0.3, -0.25) is 9.59 Å². The molecule has 7 nitrogen and oxygen atoms in total. The maximum absolute atomic E-state index is 12.2. The summed E-state index contributed by atoms with van der Waals surface area (Å²) in [7, 11) is 0. The van der Waals surface area contributed by atoms with Gasteiger partial charge in [-0.25, -0.2) is 9.67 Å². The van der Waals surface area contributed by atoms with Crippen LogP contribution in [0.2, 0.25) is 0 Å². The van der Waals surface area contributed by atoms with E-state index in [1.165, 1.54) is 6.20 Å². The topological polar surface area (TPSA) is 88.9 Å². The highest BCUT2D eigenvalue weighted by Crippen LogP contribution is 2.14. The Morgan fingerprint density at radius 3 is 2.69 bits per heavy atom. The summed E-state index contributed by atoms with van der Waals surface area (Å²) in [5, 5.41) is 10.5. The quantitative estimate of drug-likeness (QED) is 0.678. The van der Waals surface area contributed by atoms with Crippen molar-refractivity contribution in [3.05, 3.63) is 59.9 Å². The van der Waals surface area contributed by atoms with Gasteiger partial charge in [-0.15, -0.1) is 0 Å². The highest BCUT2D eigenvalue weighted by atomic mass is 16.2. The number of carbonyl (C=O) groups excluding carboxylic acids is 2. The molecule has 26 heavy (non-hydrogen) atoms. The number of rotatable bonds is 7. The summed E-state index contributed by atoms with van der Waals surface area (Å²) >= 11 is 0. The normalized spacial score (nSPS) is 10.7. The summed E-state index contributed by atoms with van der Waals surface area (Å²) < 4.78 is 1.80. The summed E-state index contributed by atoms with van der Waals surface area (Å²) in [6.45, 7) is 3.13. The summed E-state index contributed by atoms with van der Waals surface area (Å²) in [4.78, 5) is 28.2. The molecule has 7 heteroatoms. The predicted molar refractivity (Wildman–Crippen MR) is 98.7 cm³/mol. The van der Waals surface area contributed by atoms with E-state index in [9.17, 15) is 9.59 Å². The van der Waals surface area contributed by atoms with Crippen LogP contribution in [0.25, 0.3) is 11.0 Å². The highest BCUT2D eigenvalue weighted by molar-refractivity contribution is 5.98. The van der Waals surface area contributed by atoms with Crippen molar-refractivity contribution < 1.29 is 9.59 Å². The van der Waals surface area contributed by atoms with Crippen molar-refractivity contribution in [1.29, 1.82) is 0 Å². The van der Waals surface area contributed by atoms with Gasteiger partial charge in [-0.05, 0) is 18.1 Å². The monoisotopic (exact) mass is 351 g/mol. The average molecular weight is 351 g/mol. The van der Waals surface area contributed by atoms with Crippen LogP contribution in [0, 0.1) is 0 Å². The van der Waals surface area contributed by atoms with Crippen LogP contribution in [-0.2, 0) is 11.3 Å². The highest BCUT2D eigenvalue weighted by Gasteiger charge is 2.11. The molecule has 2 heterocycles. The van der Waals surface area contributed by atoms with E-state index in [2.05, 4.69) is 20.7 Å². The van der Waals surface area contributed by atoms with E-state index in [1.807, 2.05) is 37.3 Å². The molecule has 0 bridgehead atoms. The number of aromatic nitrogens is 3. The lowest BCUT2D eigenvalue weighted by molar-refractivity contribution is -0.120. The molecule has 0 unspecified atom stereocenters. The Hall–Kier alpha value is -3.22. The lowest BCUT2D eigenvalue weighted by Gasteiger charge is -2.06. The molecule has 0 aliphatic heterocycles. The van der Waals surface area contributed by atoms with E-state index in [0.29, 0.717) is 24.3 Å². The van der Waals surface area contributed by atoms with Crippen molar-refractivity contribution in [2.75, 3.05) is 13.1 Å². The molecule has 3 aromatic rings. The molecule has 134 valence electrons. The Morgan fingerprint density at radius 1 is 1.12 bits per heavy atom. The molecular weight excluding hydrogens is 330 g/mol. The van der Waals surface area contributed by atoms with Crippen molar-refractivity contribution in [3.8, 4) is 0 Å². The van der Waals surface area contributed by atoms with Crippen LogP contribution in [0.5, 0.6) is 0 Å². The fraction of sp³-hybridized carbons (Fsp3) is 0.263. The van der Waals surface area contributed by atoms with Gasteiger partial charge in [-0.2, -0.15) is 5.10 Å². The molecule has 1 aromatic carbocycles. The maximum Gasteiger partial charge on any atom is 0.253 e. The number of carbonyl (C=O) groups is 2. The molecule has 0 saturated heterocycles. The van der Waals surface area contributed by atoms with Crippen molar-refractivity contribution in [2.45, 2.75) is 19.9 Å². The SMILES string of the molecule is CCCNC(=O)CNC(=O)c1cnc2c(cnn2Cc2ccccc2)c1. The van der Waals surface area contributed by atoms with Crippen LogP contribution in [-0.4, -0.2) is 39.7 Å². The van der Waals surface area contributed by atoms with E-state index in [0.717, 1.165) is 17.4 Å². The second-order valence-corrected chi connectivity index (χ2v) is 5.96. The molecule has 0 spiro atoms. The number of hydrogen-bond acceptors (Lipinski definition) is 4. The summed E-state index contributed by atoms with van der Waals surface area (Å²) in [6.07, 6.45) is 4.05. The van der Waals surface area contributed by atoms with E-state index in [1.54, 1.807) is 16.9 Å². The second-order valence-electron chi connectivity index (χ2n) is 5.96. The Bertz CT molecular complexity index is 905. The van der Waals surface area contributed by atoms with Crippen molar-refractivity contribution in [2.24, 2.45) is 0 Å². The number of fused-ring (bicyclic) bond motifs is 1. The first-order chi connectivity index (χ1) is 12.7.